The second-order valence-corrected chi connectivity index (χ2v) is 6.62. The molecule has 2 amide bonds. The molecule has 0 radical (unpaired) electrons. The molecule has 2 rings (SSSR count). The SMILES string of the molecule is CCC1(C(=O)O)CCN(C(=O)NC2(C)CCCC2)CC1. The number of carbonyl (C=O) groups excluding carboxylic acids is 1. The van der Waals surface area contributed by atoms with E-state index >= 15 is 0 Å². The topological polar surface area (TPSA) is 69.6 Å². The highest BCUT2D eigenvalue weighted by molar-refractivity contribution is 5.77. The summed E-state index contributed by atoms with van der Waals surface area (Å²) in [6.45, 7) is 5.11. The lowest BCUT2D eigenvalue weighted by Gasteiger charge is -2.39. The first-order valence-corrected chi connectivity index (χ1v) is 7.71. The fourth-order valence-corrected chi connectivity index (χ4v) is 3.47. The zero-order chi connectivity index (χ0) is 14.8. The molecule has 1 aliphatic carbocycles. The second-order valence-electron chi connectivity index (χ2n) is 6.62. The number of amides is 2. The highest BCUT2D eigenvalue weighted by Crippen LogP contribution is 2.35. The van der Waals surface area contributed by atoms with Crippen molar-refractivity contribution in [2.75, 3.05) is 13.1 Å². The fourth-order valence-electron chi connectivity index (χ4n) is 3.47. The third-order valence-electron chi connectivity index (χ3n) is 5.25. The Balaban J connectivity index is 1.90. The summed E-state index contributed by atoms with van der Waals surface area (Å²) in [6, 6.07) is -0.0236. The van der Waals surface area contributed by atoms with E-state index in [1.165, 1.54) is 12.8 Å². The number of urea groups is 1. The van der Waals surface area contributed by atoms with Gasteiger partial charge in [-0.25, -0.2) is 4.79 Å². The summed E-state index contributed by atoms with van der Waals surface area (Å²) in [5.41, 5.74) is -0.697. The molecule has 1 aliphatic heterocycles. The zero-order valence-corrected chi connectivity index (χ0v) is 12.6. The number of nitrogens with zero attached hydrogens (tertiary/aromatic N) is 1. The van der Waals surface area contributed by atoms with E-state index in [1.54, 1.807) is 4.90 Å². The summed E-state index contributed by atoms with van der Waals surface area (Å²) in [5.74, 6) is -0.720. The van der Waals surface area contributed by atoms with Crippen molar-refractivity contribution in [3.8, 4) is 0 Å². The van der Waals surface area contributed by atoms with Crippen LogP contribution in [0.4, 0.5) is 4.79 Å². The van der Waals surface area contributed by atoms with Gasteiger partial charge < -0.3 is 15.3 Å². The lowest BCUT2D eigenvalue weighted by atomic mass is 9.76. The fraction of sp³-hybridized carbons (Fsp3) is 0.867. The predicted octanol–water partition coefficient (Wildman–Crippen LogP) is 2.61. The average Bonchev–Trinajstić information content (AvgIpc) is 2.85. The maximum Gasteiger partial charge on any atom is 0.317 e. The molecular formula is C15H26N2O3. The Bertz CT molecular complexity index is 381. The predicted molar refractivity (Wildman–Crippen MR) is 76.6 cm³/mol. The van der Waals surface area contributed by atoms with Gasteiger partial charge in [0.05, 0.1) is 5.41 Å². The molecule has 2 N–H and O–H groups in total. The van der Waals surface area contributed by atoms with E-state index in [2.05, 4.69) is 12.2 Å². The van der Waals surface area contributed by atoms with Crippen LogP contribution in [0.15, 0.2) is 0 Å². The van der Waals surface area contributed by atoms with E-state index in [-0.39, 0.29) is 11.6 Å². The van der Waals surface area contributed by atoms with Crippen molar-refractivity contribution in [2.24, 2.45) is 5.41 Å². The molecule has 0 atom stereocenters. The number of likely N-dealkylation sites (tertiary alicyclic amines) is 1. The van der Waals surface area contributed by atoms with Gasteiger partial charge in [0.2, 0.25) is 0 Å². The Labute approximate surface area is 120 Å². The standard InChI is InChI=1S/C15H26N2O3/c1-3-15(12(18)19)8-10-17(11-9-15)13(20)16-14(2)6-4-5-7-14/h3-11H2,1-2H3,(H,16,20)(H,18,19). The van der Waals surface area contributed by atoms with E-state index in [0.29, 0.717) is 32.4 Å². The third-order valence-corrected chi connectivity index (χ3v) is 5.25. The van der Waals surface area contributed by atoms with Crippen LogP contribution < -0.4 is 5.32 Å². The van der Waals surface area contributed by atoms with Crippen LogP contribution in [0, 0.1) is 5.41 Å². The van der Waals surface area contributed by atoms with Crippen molar-refractivity contribution >= 4 is 12.0 Å². The number of rotatable bonds is 3. The molecule has 114 valence electrons. The number of carboxylic acids is 1. The van der Waals surface area contributed by atoms with E-state index in [4.69, 9.17) is 0 Å². The minimum atomic E-state index is -0.720. The molecule has 0 aromatic carbocycles. The summed E-state index contributed by atoms with van der Waals surface area (Å²) < 4.78 is 0. The lowest BCUT2D eigenvalue weighted by molar-refractivity contribution is -0.152. The molecule has 2 fully saturated rings. The van der Waals surface area contributed by atoms with Gasteiger partial charge in [0.1, 0.15) is 0 Å². The first kappa shape index (κ1) is 15.1. The number of hydrogen-bond donors (Lipinski definition) is 2. The number of nitrogens with one attached hydrogen (secondary N) is 1. The van der Waals surface area contributed by atoms with Gasteiger partial charge in [-0.1, -0.05) is 19.8 Å². The van der Waals surface area contributed by atoms with Gasteiger partial charge in [-0.2, -0.15) is 0 Å². The zero-order valence-electron chi connectivity index (χ0n) is 12.6. The van der Waals surface area contributed by atoms with Crippen LogP contribution in [0.25, 0.3) is 0 Å². The molecule has 0 aromatic heterocycles. The van der Waals surface area contributed by atoms with Gasteiger partial charge in [-0.15, -0.1) is 0 Å². The van der Waals surface area contributed by atoms with Crippen LogP contribution in [-0.4, -0.2) is 40.6 Å². The lowest BCUT2D eigenvalue weighted by Crippen LogP contribution is -2.54. The molecule has 0 bridgehead atoms. The van der Waals surface area contributed by atoms with Crippen molar-refractivity contribution in [1.82, 2.24) is 10.2 Å². The molecular weight excluding hydrogens is 256 g/mol. The van der Waals surface area contributed by atoms with Crippen molar-refractivity contribution in [3.05, 3.63) is 0 Å². The van der Waals surface area contributed by atoms with Gasteiger partial charge in [0, 0.05) is 18.6 Å². The molecule has 2 aliphatic rings. The van der Waals surface area contributed by atoms with Crippen molar-refractivity contribution in [1.29, 1.82) is 0 Å². The van der Waals surface area contributed by atoms with Gasteiger partial charge in [0.15, 0.2) is 0 Å². The summed E-state index contributed by atoms with van der Waals surface area (Å²) in [4.78, 5) is 25.5. The number of hydrogen-bond acceptors (Lipinski definition) is 2. The van der Waals surface area contributed by atoms with E-state index in [0.717, 1.165) is 12.8 Å². The summed E-state index contributed by atoms with van der Waals surface area (Å²) in [7, 11) is 0. The van der Waals surface area contributed by atoms with Crippen LogP contribution in [0.2, 0.25) is 0 Å². The van der Waals surface area contributed by atoms with Crippen LogP contribution in [0.1, 0.15) is 58.8 Å². The Morgan fingerprint density at radius 1 is 1.15 bits per heavy atom. The van der Waals surface area contributed by atoms with E-state index in [1.807, 2.05) is 6.92 Å². The number of carbonyl (C=O) groups is 2. The number of piperidine rings is 1. The van der Waals surface area contributed by atoms with Gasteiger partial charge in [-0.05, 0) is 39.0 Å². The highest BCUT2D eigenvalue weighted by atomic mass is 16.4. The maximum atomic E-state index is 12.3. The van der Waals surface area contributed by atoms with Crippen molar-refractivity contribution < 1.29 is 14.7 Å². The Kier molecular flexibility index (Phi) is 4.25. The monoisotopic (exact) mass is 282 g/mol. The highest BCUT2D eigenvalue weighted by Gasteiger charge is 2.41. The van der Waals surface area contributed by atoms with Gasteiger partial charge in [-0.3, -0.25) is 4.79 Å². The molecule has 20 heavy (non-hydrogen) atoms. The Hall–Kier alpha value is -1.26. The van der Waals surface area contributed by atoms with Crippen LogP contribution in [-0.2, 0) is 4.79 Å². The molecule has 1 saturated heterocycles. The van der Waals surface area contributed by atoms with Gasteiger partial charge >= 0.3 is 12.0 Å². The molecule has 5 heteroatoms. The largest absolute Gasteiger partial charge is 0.481 e. The van der Waals surface area contributed by atoms with E-state index < -0.39 is 11.4 Å². The van der Waals surface area contributed by atoms with Gasteiger partial charge in [0.25, 0.3) is 0 Å². The molecule has 0 spiro atoms. The Morgan fingerprint density at radius 3 is 2.15 bits per heavy atom. The van der Waals surface area contributed by atoms with Crippen LogP contribution >= 0.6 is 0 Å². The Morgan fingerprint density at radius 2 is 1.70 bits per heavy atom. The molecule has 1 saturated carbocycles. The molecule has 0 unspecified atom stereocenters. The molecule has 0 aromatic rings. The number of carboxylic acid groups (broad SMARTS) is 1. The normalized spacial score (nSPS) is 24.4. The van der Waals surface area contributed by atoms with Crippen molar-refractivity contribution in [2.45, 2.75) is 64.3 Å². The minimum Gasteiger partial charge on any atom is -0.481 e. The smallest absolute Gasteiger partial charge is 0.317 e. The minimum absolute atomic E-state index is 0.0236. The first-order chi connectivity index (χ1) is 9.41. The van der Waals surface area contributed by atoms with Crippen LogP contribution in [0.5, 0.6) is 0 Å². The molecule has 1 heterocycles. The third kappa shape index (κ3) is 2.91. The summed E-state index contributed by atoms with van der Waals surface area (Å²) >= 11 is 0. The first-order valence-electron chi connectivity index (χ1n) is 7.71. The van der Waals surface area contributed by atoms with Crippen molar-refractivity contribution in [3.63, 3.8) is 0 Å². The quantitative estimate of drug-likeness (QED) is 0.836. The van der Waals surface area contributed by atoms with Crippen LogP contribution in [0.3, 0.4) is 0 Å². The average molecular weight is 282 g/mol. The molecule has 5 nitrogen and oxygen atoms in total. The summed E-state index contributed by atoms with van der Waals surface area (Å²) in [6.07, 6.45) is 6.19. The maximum absolute atomic E-state index is 12.3. The number of aliphatic carboxylic acids is 1. The second kappa shape index (κ2) is 5.62. The van der Waals surface area contributed by atoms with E-state index in [9.17, 15) is 14.7 Å². The summed E-state index contributed by atoms with van der Waals surface area (Å²) in [5, 5.41) is 12.5.